The molecule has 1 N–H and O–H groups in total. The minimum Gasteiger partial charge on any atom is -0.510 e. The van der Waals surface area contributed by atoms with Crippen LogP contribution in [-0.2, 0) is 4.79 Å². The van der Waals surface area contributed by atoms with Crippen molar-refractivity contribution < 1.29 is 18.7 Å². The number of rotatable bonds is 2. The summed E-state index contributed by atoms with van der Waals surface area (Å²) < 4.78 is 28.7. The van der Waals surface area contributed by atoms with Crippen LogP contribution in [0.4, 0.5) is 8.78 Å². The third kappa shape index (κ3) is 2.42. The normalized spacial score (nSPS) is 22.2. The van der Waals surface area contributed by atoms with E-state index in [1.54, 1.807) is 0 Å². The van der Waals surface area contributed by atoms with E-state index in [1.807, 2.05) is 0 Å². The van der Waals surface area contributed by atoms with Crippen molar-refractivity contribution in [2.24, 2.45) is 0 Å². The molecule has 0 aliphatic heterocycles. The van der Waals surface area contributed by atoms with Gasteiger partial charge >= 0.3 is 0 Å². The molecule has 3 rings (SSSR count). The third-order valence-electron chi connectivity index (χ3n) is 3.49. The fraction of sp³-hybridized carbons (Fsp3) is 0.214. The maximum absolute atomic E-state index is 14.0. The van der Waals surface area contributed by atoms with Crippen LogP contribution in [0.5, 0.6) is 0 Å². The zero-order chi connectivity index (χ0) is 15.0. The van der Waals surface area contributed by atoms with E-state index < -0.39 is 23.6 Å². The van der Waals surface area contributed by atoms with Crippen LogP contribution in [0.2, 0.25) is 0 Å². The molecule has 2 aromatic rings. The quantitative estimate of drug-likeness (QED) is 0.921. The lowest BCUT2D eigenvalue weighted by Crippen LogP contribution is -2.27. The lowest BCUT2D eigenvalue weighted by Gasteiger charge is -2.29. The molecule has 2 atom stereocenters. The monoisotopic (exact) mass is 291 g/mol. The van der Waals surface area contributed by atoms with Crippen molar-refractivity contribution in [3.8, 4) is 0 Å². The van der Waals surface area contributed by atoms with E-state index in [0.29, 0.717) is 0 Å². The van der Waals surface area contributed by atoms with Gasteiger partial charge in [0.2, 0.25) is 0 Å². The molecule has 1 aliphatic carbocycles. The molecule has 1 heterocycles. The lowest BCUT2D eigenvalue weighted by atomic mass is 9.82. The first-order valence-corrected chi connectivity index (χ1v) is 6.28. The Morgan fingerprint density at radius 3 is 2.86 bits per heavy atom. The molecule has 1 aromatic carbocycles. The second-order valence-electron chi connectivity index (χ2n) is 4.83. The Bertz CT molecular complexity index is 713. The van der Waals surface area contributed by atoms with E-state index in [-0.39, 0.29) is 23.5 Å². The predicted molar refractivity (Wildman–Crippen MR) is 68.5 cm³/mol. The van der Waals surface area contributed by atoms with E-state index >= 15 is 0 Å². The molecule has 0 unspecified atom stereocenters. The second kappa shape index (κ2) is 5.08. The number of ketones is 1. The highest BCUT2D eigenvalue weighted by atomic mass is 19.1. The van der Waals surface area contributed by atoms with Gasteiger partial charge in [-0.15, -0.1) is 0 Å². The van der Waals surface area contributed by atoms with Crippen LogP contribution in [-0.4, -0.2) is 25.7 Å². The second-order valence-corrected chi connectivity index (χ2v) is 4.83. The fourth-order valence-corrected chi connectivity index (χ4v) is 2.60. The van der Waals surface area contributed by atoms with Crippen molar-refractivity contribution in [3.05, 3.63) is 59.9 Å². The highest BCUT2D eigenvalue weighted by Gasteiger charge is 2.36. The summed E-state index contributed by atoms with van der Waals surface area (Å²) in [5.74, 6) is -2.58. The van der Waals surface area contributed by atoms with Crippen molar-refractivity contribution in [2.75, 3.05) is 0 Å². The van der Waals surface area contributed by atoms with Gasteiger partial charge in [0.05, 0.1) is 0 Å². The number of hydrogen-bond acceptors (Lipinski definition) is 4. The van der Waals surface area contributed by atoms with Gasteiger partial charge in [-0.05, 0) is 23.8 Å². The highest BCUT2D eigenvalue weighted by molar-refractivity contribution is 5.92. The largest absolute Gasteiger partial charge is 0.510 e. The lowest BCUT2D eigenvalue weighted by molar-refractivity contribution is -0.116. The Labute approximate surface area is 118 Å². The van der Waals surface area contributed by atoms with E-state index in [1.165, 1.54) is 17.3 Å². The molecule has 108 valence electrons. The molecule has 1 aliphatic rings. The van der Waals surface area contributed by atoms with Gasteiger partial charge in [0.1, 0.15) is 36.1 Å². The number of carbonyl (C=O) groups is 1. The number of aromatic nitrogens is 3. The molecule has 0 saturated heterocycles. The SMILES string of the molecule is O=C1C=C(O)[C@@H](n2cncn2)[C@H](c2cc(F)ccc2F)C1. The summed E-state index contributed by atoms with van der Waals surface area (Å²) in [5, 5.41) is 14.0. The van der Waals surface area contributed by atoms with Gasteiger partial charge in [-0.25, -0.2) is 18.4 Å². The van der Waals surface area contributed by atoms with Crippen molar-refractivity contribution in [2.45, 2.75) is 18.4 Å². The molecule has 0 saturated carbocycles. The number of aliphatic hydroxyl groups is 1. The number of nitrogens with zero attached hydrogens (tertiary/aromatic N) is 3. The van der Waals surface area contributed by atoms with Crippen molar-refractivity contribution in [3.63, 3.8) is 0 Å². The van der Waals surface area contributed by atoms with Crippen LogP contribution in [0, 0.1) is 11.6 Å². The minimum absolute atomic E-state index is 0.0310. The summed E-state index contributed by atoms with van der Waals surface area (Å²) in [6, 6.07) is 2.25. The maximum atomic E-state index is 14.0. The topological polar surface area (TPSA) is 68.0 Å². The summed E-state index contributed by atoms with van der Waals surface area (Å²) in [4.78, 5) is 15.5. The average molecular weight is 291 g/mol. The molecule has 21 heavy (non-hydrogen) atoms. The van der Waals surface area contributed by atoms with Gasteiger partial charge in [-0.2, -0.15) is 5.10 Å². The summed E-state index contributed by atoms with van der Waals surface area (Å²) in [7, 11) is 0. The minimum atomic E-state index is -0.790. The number of carbonyl (C=O) groups excluding carboxylic acids is 1. The van der Waals surface area contributed by atoms with Gasteiger partial charge in [0.15, 0.2) is 5.78 Å². The van der Waals surface area contributed by atoms with Gasteiger partial charge in [-0.1, -0.05) is 0 Å². The third-order valence-corrected chi connectivity index (χ3v) is 3.49. The van der Waals surface area contributed by atoms with Crippen LogP contribution < -0.4 is 0 Å². The average Bonchev–Trinajstić information content (AvgIpc) is 2.94. The Hall–Kier alpha value is -2.57. The highest BCUT2D eigenvalue weighted by Crippen LogP contribution is 2.40. The van der Waals surface area contributed by atoms with E-state index in [9.17, 15) is 18.7 Å². The number of hydrogen-bond donors (Lipinski definition) is 1. The zero-order valence-electron chi connectivity index (χ0n) is 10.8. The van der Waals surface area contributed by atoms with Crippen molar-refractivity contribution >= 4 is 5.78 Å². The van der Waals surface area contributed by atoms with Crippen LogP contribution in [0.1, 0.15) is 23.9 Å². The van der Waals surface area contributed by atoms with Crippen LogP contribution in [0.3, 0.4) is 0 Å². The Kier molecular flexibility index (Phi) is 3.25. The first kappa shape index (κ1) is 13.4. The Balaban J connectivity index is 2.12. The van der Waals surface area contributed by atoms with Crippen LogP contribution >= 0.6 is 0 Å². The van der Waals surface area contributed by atoms with E-state index in [4.69, 9.17) is 0 Å². The molecule has 5 nitrogen and oxygen atoms in total. The molecule has 0 amide bonds. The summed E-state index contributed by atoms with van der Waals surface area (Å²) in [6.07, 6.45) is 3.66. The molecule has 7 heteroatoms. The number of benzene rings is 1. The van der Waals surface area contributed by atoms with E-state index in [0.717, 1.165) is 24.3 Å². The summed E-state index contributed by atoms with van der Waals surface area (Å²) in [6.45, 7) is 0. The zero-order valence-corrected chi connectivity index (χ0v) is 10.8. The van der Waals surface area contributed by atoms with Crippen molar-refractivity contribution in [1.82, 2.24) is 14.8 Å². The van der Waals surface area contributed by atoms with Crippen LogP contribution in [0.15, 0.2) is 42.7 Å². The summed E-state index contributed by atoms with van der Waals surface area (Å²) in [5.41, 5.74) is 0.0310. The van der Waals surface area contributed by atoms with Crippen LogP contribution in [0.25, 0.3) is 0 Å². The first-order chi connectivity index (χ1) is 10.1. The smallest absolute Gasteiger partial charge is 0.159 e. The van der Waals surface area contributed by atoms with E-state index in [2.05, 4.69) is 10.1 Å². The number of aliphatic hydroxyl groups excluding tert-OH is 1. The molecule has 0 bridgehead atoms. The summed E-state index contributed by atoms with van der Waals surface area (Å²) >= 11 is 0. The molecular formula is C14H11F2N3O2. The number of halogens is 2. The fourth-order valence-electron chi connectivity index (χ4n) is 2.60. The maximum Gasteiger partial charge on any atom is 0.159 e. The number of allylic oxidation sites excluding steroid dienone is 2. The molecule has 1 aromatic heterocycles. The predicted octanol–water partition coefficient (Wildman–Crippen LogP) is 2.30. The standard InChI is InChI=1S/C14H11F2N3O2/c15-8-1-2-12(16)10(3-8)11-4-9(20)5-13(21)14(11)19-7-17-6-18-19/h1-3,5-7,11,14,21H,4H2/t11-,14-/m0/s1. The molecule has 0 radical (unpaired) electrons. The first-order valence-electron chi connectivity index (χ1n) is 6.28. The molecule has 0 fully saturated rings. The van der Waals surface area contributed by atoms with Gasteiger partial charge in [0.25, 0.3) is 0 Å². The van der Waals surface area contributed by atoms with Crippen molar-refractivity contribution in [1.29, 1.82) is 0 Å². The molecular weight excluding hydrogens is 280 g/mol. The Morgan fingerprint density at radius 1 is 1.33 bits per heavy atom. The van der Waals surface area contributed by atoms with Gasteiger partial charge in [-0.3, -0.25) is 4.79 Å². The molecule has 0 spiro atoms. The van der Waals surface area contributed by atoms with Gasteiger partial charge in [0, 0.05) is 18.4 Å². The Morgan fingerprint density at radius 2 is 2.14 bits per heavy atom. The van der Waals surface area contributed by atoms with Gasteiger partial charge < -0.3 is 5.11 Å².